The molecule has 0 radical (unpaired) electrons. The van der Waals surface area contributed by atoms with Gasteiger partial charge in [-0.25, -0.2) is 0 Å². The summed E-state index contributed by atoms with van der Waals surface area (Å²) < 4.78 is 0. The molecule has 1 atom stereocenters. The molecule has 3 rings (SSSR count). The van der Waals surface area contributed by atoms with Crippen molar-refractivity contribution >= 4 is 34.8 Å². The van der Waals surface area contributed by atoms with Gasteiger partial charge in [0.25, 0.3) is 5.91 Å². The van der Waals surface area contributed by atoms with Gasteiger partial charge >= 0.3 is 0 Å². The van der Waals surface area contributed by atoms with Crippen molar-refractivity contribution in [3.63, 3.8) is 0 Å². The van der Waals surface area contributed by atoms with Crippen LogP contribution in [0.3, 0.4) is 0 Å². The van der Waals surface area contributed by atoms with Gasteiger partial charge in [0, 0.05) is 37.6 Å². The Morgan fingerprint density at radius 2 is 1.81 bits per heavy atom. The Morgan fingerprint density at radius 3 is 2.42 bits per heavy atom. The van der Waals surface area contributed by atoms with Gasteiger partial charge in [-0.2, -0.15) is 0 Å². The lowest BCUT2D eigenvalue weighted by atomic mass is 9.97. The fraction of sp³-hybridized carbons (Fsp3) is 0.600. The maximum atomic E-state index is 13.1. The summed E-state index contributed by atoms with van der Waals surface area (Å²) in [5.74, 6) is 0.532. The van der Waals surface area contributed by atoms with E-state index < -0.39 is 5.38 Å². The van der Waals surface area contributed by atoms with Crippen LogP contribution in [-0.4, -0.2) is 48.3 Å². The van der Waals surface area contributed by atoms with E-state index in [0.717, 1.165) is 63.5 Å². The molecule has 6 heteroatoms. The fourth-order valence-corrected chi connectivity index (χ4v) is 3.70. The summed E-state index contributed by atoms with van der Waals surface area (Å²) in [5, 5.41) is 2.19. The van der Waals surface area contributed by atoms with Crippen LogP contribution >= 0.6 is 11.6 Å². The number of nitrogens with one attached hydrogen (secondary N) is 1. The number of alkyl halides is 1. The molecule has 2 heterocycles. The molecule has 0 saturated carbocycles. The van der Waals surface area contributed by atoms with Crippen molar-refractivity contribution < 1.29 is 9.59 Å². The summed E-state index contributed by atoms with van der Waals surface area (Å²) in [6, 6.07) is 5.64. The lowest BCUT2D eigenvalue weighted by Gasteiger charge is -2.34. The van der Waals surface area contributed by atoms with Gasteiger partial charge in [0.2, 0.25) is 5.91 Å². The second-order valence-electron chi connectivity index (χ2n) is 7.51. The van der Waals surface area contributed by atoms with Crippen molar-refractivity contribution in [2.75, 3.05) is 36.4 Å². The van der Waals surface area contributed by atoms with Crippen LogP contribution in [0.2, 0.25) is 0 Å². The van der Waals surface area contributed by atoms with Crippen LogP contribution in [0, 0.1) is 5.92 Å². The molecule has 0 aliphatic carbocycles. The smallest absolute Gasteiger partial charge is 0.256 e. The first-order valence-corrected chi connectivity index (χ1v) is 10.0. The van der Waals surface area contributed by atoms with Crippen molar-refractivity contribution in [3.8, 4) is 0 Å². The molecule has 2 saturated heterocycles. The van der Waals surface area contributed by atoms with Crippen LogP contribution in [0.1, 0.15) is 49.9 Å². The number of rotatable bonds is 4. The van der Waals surface area contributed by atoms with E-state index >= 15 is 0 Å². The first-order chi connectivity index (χ1) is 12.5. The molecule has 5 nitrogen and oxygen atoms in total. The van der Waals surface area contributed by atoms with Crippen molar-refractivity contribution in [2.45, 2.75) is 44.9 Å². The standard InChI is InChI=1S/C20H28ClN3O2/c1-14-7-11-23(12-8-14)18-6-5-16(22-19(25)15(2)21)13-17(18)20(26)24-9-3-4-10-24/h5-6,13-15H,3-4,7-12H2,1-2H3,(H,22,25)/t15-/m1/s1. The molecule has 0 spiro atoms. The van der Waals surface area contributed by atoms with E-state index in [4.69, 9.17) is 11.6 Å². The molecule has 0 aromatic heterocycles. The SMILES string of the molecule is CC1CCN(c2ccc(NC(=O)[C@@H](C)Cl)cc2C(=O)N2CCCC2)CC1. The highest BCUT2D eigenvalue weighted by Crippen LogP contribution is 2.30. The number of hydrogen-bond acceptors (Lipinski definition) is 3. The highest BCUT2D eigenvalue weighted by molar-refractivity contribution is 6.32. The second-order valence-corrected chi connectivity index (χ2v) is 8.16. The van der Waals surface area contributed by atoms with Gasteiger partial charge in [-0.05, 0) is 56.7 Å². The van der Waals surface area contributed by atoms with Gasteiger partial charge in [-0.1, -0.05) is 6.92 Å². The third kappa shape index (κ3) is 4.32. The average molecular weight is 378 g/mol. The fourth-order valence-electron chi connectivity index (χ4n) is 3.64. The Kier molecular flexibility index (Phi) is 6.07. The Labute approximate surface area is 160 Å². The van der Waals surface area contributed by atoms with Gasteiger partial charge in [0.15, 0.2) is 0 Å². The number of likely N-dealkylation sites (tertiary alicyclic amines) is 1. The maximum Gasteiger partial charge on any atom is 0.256 e. The molecular weight excluding hydrogens is 350 g/mol. The number of anilines is 2. The minimum atomic E-state index is -0.615. The molecule has 1 aromatic rings. The zero-order chi connectivity index (χ0) is 18.7. The zero-order valence-corrected chi connectivity index (χ0v) is 16.4. The predicted octanol–water partition coefficient (Wildman–Crippen LogP) is 3.72. The van der Waals surface area contributed by atoms with Gasteiger partial charge < -0.3 is 15.1 Å². The minimum absolute atomic E-state index is 0.0612. The second kappa shape index (κ2) is 8.30. The molecule has 1 N–H and O–H groups in total. The molecule has 0 unspecified atom stereocenters. The molecule has 2 aliphatic rings. The summed E-state index contributed by atoms with van der Waals surface area (Å²) >= 11 is 5.86. The van der Waals surface area contributed by atoms with Crippen molar-refractivity contribution in [2.24, 2.45) is 5.92 Å². The molecule has 1 aromatic carbocycles. The maximum absolute atomic E-state index is 13.1. The van der Waals surface area contributed by atoms with Crippen molar-refractivity contribution in [1.82, 2.24) is 4.90 Å². The summed E-state index contributed by atoms with van der Waals surface area (Å²) in [6.07, 6.45) is 4.39. The van der Waals surface area contributed by atoms with E-state index in [1.807, 2.05) is 23.1 Å². The normalized spacial score (nSPS) is 19.5. The Morgan fingerprint density at radius 1 is 1.15 bits per heavy atom. The molecule has 2 aliphatic heterocycles. The molecule has 26 heavy (non-hydrogen) atoms. The summed E-state index contributed by atoms with van der Waals surface area (Å²) in [6.45, 7) is 7.46. The van der Waals surface area contributed by atoms with Crippen LogP contribution < -0.4 is 10.2 Å². The van der Waals surface area contributed by atoms with E-state index in [9.17, 15) is 9.59 Å². The third-order valence-electron chi connectivity index (χ3n) is 5.37. The molecule has 2 amide bonds. The summed E-state index contributed by atoms with van der Waals surface area (Å²) in [5.41, 5.74) is 2.28. The number of hydrogen-bond donors (Lipinski definition) is 1. The topological polar surface area (TPSA) is 52.7 Å². The predicted molar refractivity (Wildman–Crippen MR) is 106 cm³/mol. The Bertz CT molecular complexity index is 663. The number of carbonyl (C=O) groups is 2. The summed E-state index contributed by atoms with van der Waals surface area (Å²) in [4.78, 5) is 29.3. The van der Waals surface area contributed by atoms with Gasteiger partial charge in [0.05, 0.1) is 5.56 Å². The highest BCUT2D eigenvalue weighted by atomic mass is 35.5. The quantitative estimate of drug-likeness (QED) is 0.813. The number of halogens is 1. The number of benzene rings is 1. The number of carbonyl (C=O) groups excluding carboxylic acids is 2. The van der Waals surface area contributed by atoms with Crippen molar-refractivity contribution in [3.05, 3.63) is 23.8 Å². The third-order valence-corrected chi connectivity index (χ3v) is 5.57. The van der Waals surface area contributed by atoms with Crippen LogP contribution in [0.25, 0.3) is 0 Å². The van der Waals surface area contributed by atoms with E-state index in [1.54, 1.807) is 6.92 Å². The van der Waals surface area contributed by atoms with Crippen LogP contribution in [0.5, 0.6) is 0 Å². The number of piperidine rings is 1. The minimum Gasteiger partial charge on any atom is -0.371 e. The Hall–Kier alpha value is -1.75. The van der Waals surface area contributed by atoms with E-state index in [0.29, 0.717) is 11.3 Å². The number of amides is 2. The van der Waals surface area contributed by atoms with Crippen LogP contribution in [0.4, 0.5) is 11.4 Å². The summed E-state index contributed by atoms with van der Waals surface area (Å²) in [7, 11) is 0. The molecular formula is C20H28ClN3O2. The van der Waals surface area contributed by atoms with Gasteiger partial charge in [-0.3, -0.25) is 9.59 Å². The zero-order valence-electron chi connectivity index (χ0n) is 15.6. The first-order valence-electron chi connectivity index (χ1n) is 9.59. The van der Waals surface area contributed by atoms with Crippen LogP contribution in [-0.2, 0) is 4.79 Å². The van der Waals surface area contributed by atoms with Crippen molar-refractivity contribution in [1.29, 1.82) is 0 Å². The van der Waals surface area contributed by atoms with Gasteiger partial charge in [-0.15, -0.1) is 11.6 Å². The van der Waals surface area contributed by atoms with Crippen LogP contribution in [0.15, 0.2) is 18.2 Å². The van der Waals surface area contributed by atoms with E-state index in [1.165, 1.54) is 0 Å². The Balaban J connectivity index is 1.89. The first kappa shape index (κ1) is 19.0. The average Bonchev–Trinajstić information content (AvgIpc) is 3.16. The lowest BCUT2D eigenvalue weighted by molar-refractivity contribution is -0.115. The highest BCUT2D eigenvalue weighted by Gasteiger charge is 2.26. The molecule has 0 bridgehead atoms. The van der Waals surface area contributed by atoms with Gasteiger partial charge in [0.1, 0.15) is 5.38 Å². The largest absolute Gasteiger partial charge is 0.371 e. The molecule has 2 fully saturated rings. The van der Waals surface area contributed by atoms with E-state index in [-0.39, 0.29) is 11.8 Å². The lowest BCUT2D eigenvalue weighted by Crippen LogP contribution is -2.36. The monoisotopic (exact) mass is 377 g/mol. The van der Waals surface area contributed by atoms with E-state index in [2.05, 4.69) is 17.1 Å². The molecule has 142 valence electrons. The number of nitrogens with zero attached hydrogens (tertiary/aromatic N) is 2.